The number of carboxylic acids is 1. The Kier molecular flexibility index (Phi) is 16.1. The van der Waals surface area contributed by atoms with E-state index in [1.54, 1.807) is 60.7 Å². The number of nitrogens with zero attached hydrogens (tertiary/aromatic N) is 1. The van der Waals surface area contributed by atoms with Gasteiger partial charge in [-0.05, 0) is 42.5 Å². The fraction of sp³-hybridized carbons (Fsp3) is 0.273. The maximum atomic E-state index is 13.5. The van der Waals surface area contributed by atoms with Gasteiger partial charge in [0.25, 0.3) is 11.9 Å². The number of aliphatic imine (C=N–C) groups is 1. The molecule has 0 aliphatic rings. The molecule has 0 spiro atoms. The van der Waals surface area contributed by atoms with Crippen molar-refractivity contribution in [2.45, 2.75) is 38.3 Å². The molecule has 0 aliphatic carbocycles. The third kappa shape index (κ3) is 14.6. The number of nitrogens with one attached hydrogen (secondary N) is 4. The van der Waals surface area contributed by atoms with Crippen molar-refractivity contribution in [2.24, 2.45) is 16.5 Å². The van der Waals surface area contributed by atoms with E-state index in [9.17, 15) is 19.2 Å². The van der Waals surface area contributed by atoms with Gasteiger partial charge in [-0.25, -0.2) is 0 Å². The van der Waals surface area contributed by atoms with Gasteiger partial charge in [0, 0.05) is 25.6 Å². The van der Waals surface area contributed by atoms with E-state index in [4.69, 9.17) is 21.4 Å². The van der Waals surface area contributed by atoms with Crippen molar-refractivity contribution in [2.75, 3.05) is 19.6 Å². The van der Waals surface area contributed by atoms with Gasteiger partial charge in [-0.2, -0.15) is 0 Å². The molecule has 0 aliphatic heterocycles. The first kappa shape index (κ1) is 36.5. The van der Waals surface area contributed by atoms with E-state index in [0.29, 0.717) is 30.5 Å². The summed E-state index contributed by atoms with van der Waals surface area (Å²) in [4.78, 5) is 64.9. The predicted octanol–water partition coefficient (Wildman–Crippen LogP) is 1.26. The predicted molar refractivity (Wildman–Crippen MR) is 174 cm³/mol. The normalized spacial score (nSPS) is 11.3. The molecule has 3 aromatic carbocycles. The second kappa shape index (κ2) is 20.3. The quantitative estimate of drug-likeness (QED) is 0.0734. The van der Waals surface area contributed by atoms with Crippen LogP contribution in [0.4, 0.5) is 0 Å². The van der Waals surface area contributed by atoms with Crippen molar-refractivity contribution in [3.63, 3.8) is 0 Å². The first-order valence-corrected chi connectivity index (χ1v) is 14.6. The summed E-state index contributed by atoms with van der Waals surface area (Å²) in [6, 6.07) is 24.8. The molecule has 9 N–H and O–H groups in total. The van der Waals surface area contributed by atoms with Gasteiger partial charge in [-0.15, -0.1) is 0 Å². The highest BCUT2D eigenvalue weighted by molar-refractivity contribution is 5.98. The highest BCUT2D eigenvalue weighted by atomic mass is 16.4. The van der Waals surface area contributed by atoms with Crippen LogP contribution < -0.4 is 32.7 Å². The van der Waals surface area contributed by atoms with Crippen LogP contribution in [0.5, 0.6) is 0 Å². The summed E-state index contributed by atoms with van der Waals surface area (Å²) in [5.41, 5.74) is 12.8. The van der Waals surface area contributed by atoms with Crippen LogP contribution in [-0.2, 0) is 25.6 Å². The molecule has 13 heteroatoms. The lowest BCUT2D eigenvalue weighted by atomic mass is 10.0. The Hall–Kier alpha value is -5.72. The third-order valence-electron chi connectivity index (χ3n) is 6.29. The number of carbonyl (C=O) groups excluding carboxylic acids is 4. The molecule has 0 heterocycles. The minimum absolute atomic E-state index is 0.0748. The van der Waals surface area contributed by atoms with Gasteiger partial charge in [-0.1, -0.05) is 78.9 Å². The summed E-state index contributed by atoms with van der Waals surface area (Å²) >= 11 is 0. The number of rotatable bonds is 15. The maximum absolute atomic E-state index is 13.5. The van der Waals surface area contributed by atoms with E-state index in [2.05, 4.69) is 26.3 Å². The van der Waals surface area contributed by atoms with Gasteiger partial charge < -0.3 is 37.8 Å². The molecule has 244 valence electrons. The van der Waals surface area contributed by atoms with Crippen molar-refractivity contribution < 1.29 is 29.1 Å². The van der Waals surface area contributed by atoms with Crippen LogP contribution in [0.3, 0.4) is 0 Å². The Bertz CT molecular complexity index is 1430. The molecule has 13 nitrogen and oxygen atoms in total. The Labute approximate surface area is 267 Å². The Morgan fingerprint density at radius 2 is 1.35 bits per heavy atom. The molecule has 0 fully saturated rings. The SMILES string of the molecule is CC(=O)O.NC(N)=NCCC[C@H](NC(=O)c1ccccc1)C(=O)N[C@H](C(=O)NCC(=O)NCCc1ccccc1)c1ccccc1. The number of benzene rings is 3. The average Bonchev–Trinajstić information content (AvgIpc) is 3.04. The summed E-state index contributed by atoms with van der Waals surface area (Å²) in [5.74, 6) is -2.84. The number of hydrogen-bond donors (Lipinski definition) is 7. The van der Waals surface area contributed by atoms with Crippen molar-refractivity contribution in [1.29, 1.82) is 0 Å². The van der Waals surface area contributed by atoms with Crippen LogP contribution in [0.15, 0.2) is 96.0 Å². The molecular weight excluding hydrogens is 590 g/mol. The zero-order chi connectivity index (χ0) is 33.7. The Balaban J connectivity index is 0.00000173. The van der Waals surface area contributed by atoms with Crippen molar-refractivity contribution in [3.05, 3.63) is 108 Å². The van der Waals surface area contributed by atoms with E-state index in [-0.39, 0.29) is 31.4 Å². The van der Waals surface area contributed by atoms with Crippen molar-refractivity contribution >= 4 is 35.6 Å². The van der Waals surface area contributed by atoms with E-state index in [1.807, 2.05) is 30.3 Å². The highest BCUT2D eigenvalue weighted by Gasteiger charge is 2.28. The van der Waals surface area contributed by atoms with Gasteiger partial charge in [-0.3, -0.25) is 29.0 Å². The van der Waals surface area contributed by atoms with Crippen LogP contribution in [0.1, 0.15) is 47.3 Å². The summed E-state index contributed by atoms with van der Waals surface area (Å²) < 4.78 is 0. The van der Waals surface area contributed by atoms with Crippen LogP contribution in [0.2, 0.25) is 0 Å². The fourth-order valence-electron chi connectivity index (χ4n) is 4.11. The number of nitrogens with two attached hydrogens (primary N) is 2. The Morgan fingerprint density at radius 3 is 1.93 bits per heavy atom. The maximum Gasteiger partial charge on any atom is 0.300 e. The summed E-state index contributed by atoms with van der Waals surface area (Å²) in [5, 5.41) is 18.3. The van der Waals surface area contributed by atoms with Gasteiger partial charge in [0.15, 0.2) is 5.96 Å². The third-order valence-corrected chi connectivity index (χ3v) is 6.29. The lowest BCUT2D eigenvalue weighted by molar-refractivity contribution is -0.134. The number of amides is 4. The minimum atomic E-state index is -1.11. The zero-order valence-corrected chi connectivity index (χ0v) is 25.6. The second-order valence-corrected chi connectivity index (χ2v) is 10.0. The molecule has 0 unspecified atom stereocenters. The molecule has 0 saturated heterocycles. The topological polar surface area (TPSA) is 218 Å². The zero-order valence-electron chi connectivity index (χ0n) is 25.6. The first-order valence-electron chi connectivity index (χ1n) is 14.6. The smallest absolute Gasteiger partial charge is 0.300 e. The molecule has 46 heavy (non-hydrogen) atoms. The summed E-state index contributed by atoms with van der Waals surface area (Å²) in [7, 11) is 0. The molecule has 0 bridgehead atoms. The molecule has 0 saturated carbocycles. The minimum Gasteiger partial charge on any atom is -0.481 e. The largest absolute Gasteiger partial charge is 0.481 e. The molecule has 2 atom stereocenters. The first-order chi connectivity index (χ1) is 22.1. The lowest BCUT2D eigenvalue weighted by Gasteiger charge is -2.23. The van der Waals surface area contributed by atoms with Gasteiger partial charge >= 0.3 is 0 Å². The van der Waals surface area contributed by atoms with Crippen LogP contribution in [-0.4, -0.2) is 66.3 Å². The number of hydrogen-bond acceptors (Lipinski definition) is 6. The van der Waals surface area contributed by atoms with E-state index in [0.717, 1.165) is 12.5 Å². The molecule has 0 radical (unpaired) electrons. The second-order valence-electron chi connectivity index (χ2n) is 10.0. The lowest BCUT2D eigenvalue weighted by Crippen LogP contribution is -2.51. The molecule has 4 amide bonds. The van der Waals surface area contributed by atoms with E-state index < -0.39 is 35.8 Å². The molecule has 3 aromatic rings. The van der Waals surface area contributed by atoms with Gasteiger partial charge in [0.2, 0.25) is 17.7 Å². The van der Waals surface area contributed by atoms with Crippen molar-refractivity contribution in [1.82, 2.24) is 21.3 Å². The molecule has 3 rings (SSSR count). The molecular formula is C33H41N7O6. The van der Waals surface area contributed by atoms with Crippen molar-refractivity contribution in [3.8, 4) is 0 Å². The standard InChI is InChI=1S/C31H37N7O4.C2H4O2/c32-31(33)35-19-10-17-25(37-28(40)24-15-8-3-9-16-24)29(41)38-27(23-13-6-2-7-14-23)30(42)36-21-26(39)34-20-18-22-11-4-1-5-12-22;1-2(3)4/h1-9,11-16,25,27H,10,17-21H2,(H,34,39)(H,36,42)(H,37,40)(H,38,41)(H4,32,33,35);1H3,(H,3,4)/t25-,27-;/m0./s1. The summed E-state index contributed by atoms with van der Waals surface area (Å²) in [6.07, 6.45) is 1.27. The van der Waals surface area contributed by atoms with E-state index >= 15 is 0 Å². The van der Waals surface area contributed by atoms with Crippen LogP contribution >= 0.6 is 0 Å². The fourth-order valence-corrected chi connectivity index (χ4v) is 4.11. The van der Waals surface area contributed by atoms with E-state index in [1.165, 1.54) is 0 Å². The number of carboxylic acid groups (broad SMARTS) is 1. The number of carbonyl (C=O) groups is 5. The van der Waals surface area contributed by atoms with Gasteiger partial charge in [0.05, 0.1) is 6.54 Å². The highest BCUT2D eigenvalue weighted by Crippen LogP contribution is 2.14. The molecule has 0 aromatic heterocycles. The average molecular weight is 632 g/mol. The Morgan fingerprint density at radius 1 is 0.783 bits per heavy atom. The van der Waals surface area contributed by atoms with Crippen LogP contribution in [0.25, 0.3) is 0 Å². The monoisotopic (exact) mass is 631 g/mol. The number of guanidine groups is 1. The summed E-state index contributed by atoms with van der Waals surface area (Å²) in [6.45, 7) is 1.50. The van der Waals surface area contributed by atoms with Gasteiger partial charge in [0.1, 0.15) is 12.1 Å². The number of aliphatic carboxylic acids is 1. The van der Waals surface area contributed by atoms with Crippen LogP contribution in [0, 0.1) is 0 Å².